The average molecular weight is 628 g/mol. The minimum absolute atomic E-state index is 0.0349. The summed E-state index contributed by atoms with van der Waals surface area (Å²) in [5.41, 5.74) is 0.177. The Bertz CT molecular complexity index is 1330. The minimum Gasteiger partial charge on any atom is -0.508 e. The van der Waals surface area contributed by atoms with E-state index in [1.165, 1.54) is 11.0 Å². The first-order chi connectivity index (χ1) is 20.5. The molecule has 3 atom stereocenters. The Hall–Kier alpha value is -3.73. The summed E-state index contributed by atoms with van der Waals surface area (Å²) in [6, 6.07) is 10.3. The topological polar surface area (TPSA) is 134 Å². The zero-order valence-electron chi connectivity index (χ0n) is 26.5. The van der Waals surface area contributed by atoms with Crippen molar-refractivity contribution in [2.45, 2.75) is 103 Å². The Morgan fingerprint density at radius 2 is 1.55 bits per heavy atom. The van der Waals surface area contributed by atoms with Crippen LogP contribution in [-0.2, 0) is 30.3 Å². The summed E-state index contributed by atoms with van der Waals surface area (Å²) in [6.45, 7) is 12.1. The molecule has 240 valence electrons. The van der Waals surface area contributed by atoms with E-state index in [0.717, 1.165) is 5.56 Å². The number of nitrogens with zero attached hydrogens (tertiary/aromatic N) is 1. The zero-order chi connectivity index (χ0) is 32.8. The fourth-order valence-corrected chi connectivity index (χ4v) is 4.89. The zero-order valence-corrected chi connectivity index (χ0v) is 27.4. The lowest BCUT2D eigenvalue weighted by molar-refractivity contribution is -0.159. The molecule has 1 saturated carbocycles. The van der Waals surface area contributed by atoms with Gasteiger partial charge < -0.3 is 30.1 Å². The van der Waals surface area contributed by atoms with Gasteiger partial charge in [-0.05, 0) is 90.1 Å². The Morgan fingerprint density at radius 1 is 0.932 bits per heavy atom. The Morgan fingerprint density at radius 3 is 2.07 bits per heavy atom. The molecule has 0 heterocycles. The van der Waals surface area contributed by atoms with Crippen LogP contribution >= 0.6 is 12.6 Å². The van der Waals surface area contributed by atoms with Gasteiger partial charge in [0.05, 0.1) is 0 Å². The highest BCUT2D eigenvalue weighted by atomic mass is 32.1. The molecule has 0 saturated heterocycles. The number of hydrogen-bond acceptors (Lipinski definition) is 8. The number of phenolic OH excluding ortho intramolecular Hbond substituents is 1. The number of hydrogen-bond donors (Lipinski definition) is 4. The van der Waals surface area contributed by atoms with Gasteiger partial charge in [0.2, 0.25) is 11.8 Å². The lowest BCUT2D eigenvalue weighted by atomic mass is 9.99. The van der Waals surface area contributed by atoms with Crippen LogP contribution in [0.25, 0.3) is 0 Å². The maximum atomic E-state index is 14.3. The molecule has 0 aromatic heterocycles. The third kappa shape index (κ3) is 10.2. The SMILES string of the molecule is Cc1cc(C(C(=O)NC(Cc2ccccc2)C(=O)OC(C)(C)C)N(C(=O)C(CS)NC(=O)OC(C)(C)C)C2CC2)ccc1O. The molecule has 0 bridgehead atoms. The lowest BCUT2D eigenvalue weighted by Gasteiger charge is -2.35. The van der Waals surface area contributed by atoms with Crippen LogP contribution in [0.1, 0.15) is 77.1 Å². The number of thiol groups is 1. The predicted octanol–water partition coefficient (Wildman–Crippen LogP) is 4.63. The van der Waals surface area contributed by atoms with Crippen molar-refractivity contribution < 1.29 is 33.8 Å². The standard InChI is InChI=1S/C33H45N3O7S/c1-20-17-22(13-16-26(20)37)27(36(23-14-15-23)29(39)25(19-44)35-31(41)43-33(5,6)7)28(38)34-24(30(40)42-32(2,3)4)18-21-11-9-8-10-12-21/h8-13,16-17,23-25,27,37,44H,14-15,18-19H2,1-7H3,(H,34,38)(H,35,41). The van der Waals surface area contributed by atoms with Crippen molar-refractivity contribution in [1.29, 1.82) is 0 Å². The van der Waals surface area contributed by atoms with Crippen LogP contribution in [-0.4, -0.2) is 69.0 Å². The van der Waals surface area contributed by atoms with Crippen LogP contribution in [0.2, 0.25) is 0 Å². The number of nitrogens with one attached hydrogen (secondary N) is 2. The van der Waals surface area contributed by atoms with E-state index in [9.17, 15) is 24.3 Å². The second-order valence-electron chi connectivity index (χ2n) is 13.1. The highest BCUT2D eigenvalue weighted by molar-refractivity contribution is 7.80. The first-order valence-electron chi connectivity index (χ1n) is 14.8. The van der Waals surface area contributed by atoms with Gasteiger partial charge in [0.1, 0.15) is 35.1 Å². The van der Waals surface area contributed by atoms with Crippen molar-refractivity contribution in [2.75, 3.05) is 5.75 Å². The van der Waals surface area contributed by atoms with E-state index < -0.39 is 53.2 Å². The van der Waals surface area contributed by atoms with Crippen molar-refractivity contribution in [2.24, 2.45) is 0 Å². The van der Waals surface area contributed by atoms with Crippen LogP contribution < -0.4 is 10.6 Å². The van der Waals surface area contributed by atoms with E-state index in [4.69, 9.17) is 9.47 Å². The normalized spacial score (nSPS) is 15.4. The molecule has 1 aliphatic carbocycles. The molecule has 1 fully saturated rings. The Balaban J connectivity index is 2.02. The lowest BCUT2D eigenvalue weighted by Crippen LogP contribution is -2.56. The first kappa shape index (κ1) is 34.8. The van der Waals surface area contributed by atoms with E-state index in [1.54, 1.807) is 60.6 Å². The summed E-state index contributed by atoms with van der Waals surface area (Å²) < 4.78 is 11.0. The number of amides is 3. The fourth-order valence-electron chi connectivity index (χ4n) is 4.64. The minimum atomic E-state index is -1.18. The molecule has 0 spiro atoms. The summed E-state index contributed by atoms with van der Waals surface area (Å²) in [5, 5.41) is 15.7. The van der Waals surface area contributed by atoms with Crippen LogP contribution in [0.5, 0.6) is 5.75 Å². The van der Waals surface area contributed by atoms with E-state index in [1.807, 2.05) is 30.3 Å². The number of aromatic hydroxyl groups is 1. The predicted molar refractivity (Wildman–Crippen MR) is 170 cm³/mol. The molecular weight excluding hydrogens is 582 g/mol. The van der Waals surface area contributed by atoms with Gasteiger partial charge >= 0.3 is 12.1 Å². The van der Waals surface area contributed by atoms with Crippen LogP contribution in [0.15, 0.2) is 48.5 Å². The van der Waals surface area contributed by atoms with Crippen molar-refractivity contribution in [3.8, 4) is 5.75 Å². The molecule has 3 amide bonds. The van der Waals surface area contributed by atoms with Gasteiger partial charge in [-0.3, -0.25) is 9.59 Å². The van der Waals surface area contributed by atoms with Gasteiger partial charge in [-0.25, -0.2) is 9.59 Å². The number of rotatable bonds is 11. The van der Waals surface area contributed by atoms with Gasteiger partial charge in [0.15, 0.2) is 0 Å². The number of phenols is 1. The number of ether oxygens (including phenoxy) is 2. The number of esters is 1. The van der Waals surface area contributed by atoms with E-state index in [-0.39, 0.29) is 24.0 Å². The summed E-state index contributed by atoms with van der Waals surface area (Å²) in [4.78, 5) is 55.9. The highest BCUT2D eigenvalue weighted by Gasteiger charge is 2.45. The summed E-state index contributed by atoms with van der Waals surface area (Å²) in [7, 11) is 0. The highest BCUT2D eigenvalue weighted by Crippen LogP contribution is 2.37. The van der Waals surface area contributed by atoms with Crippen molar-refractivity contribution in [1.82, 2.24) is 15.5 Å². The van der Waals surface area contributed by atoms with Crippen molar-refractivity contribution in [3.63, 3.8) is 0 Å². The molecule has 44 heavy (non-hydrogen) atoms. The van der Waals surface area contributed by atoms with Gasteiger partial charge in [-0.1, -0.05) is 36.4 Å². The van der Waals surface area contributed by atoms with Crippen molar-refractivity contribution >= 4 is 36.5 Å². The maximum Gasteiger partial charge on any atom is 0.408 e. The van der Waals surface area contributed by atoms with Gasteiger partial charge in [-0.2, -0.15) is 12.6 Å². The Labute approximate surface area is 265 Å². The molecule has 1 aliphatic rings. The van der Waals surface area contributed by atoms with Crippen LogP contribution in [0.3, 0.4) is 0 Å². The van der Waals surface area contributed by atoms with E-state index >= 15 is 0 Å². The molecule has 10 nitrogen and oxygen atoms in total. The summed E-state index contributed by atoms with van der Waals surface area (Å²) >= 11 is 4.33. The molecule has 2 aromatic rings. The average Bonchev–Trinajstić information content (AvgIpc) is 3.75. The van der Waals surface area contributed by atoms with Crippen LogP contribution in [0, 0.1) is 6.92 Å². The molecule has 0 radical (unpaired) electrons. The third-order valence-electron chi connectivity index (χ3n) is 6.72. The largest absolute Gasteiger partial charge is 0.508 e. The second kappa shape index (κ2) is 14.4. The number of alkyl carbamates (subject to hydrolysis) is 1. The van der Waals surface area contributed by atoms with Crippen molar-refractivity contribution in [3.05, 3.63) is 65.2 Å². The van der Waals surface area contributed by atoms with Gasteiger partial charge in [0.25, 0.3) is 0 Å². The number of carbonyl (C=O) groups excluding carboxylic acids is 4. The van der Waals surface area contributed by atoms with Gasteiger partial charge in [-0.15, -0.1) is 0 Å². The molecule has 11 heteroatoms. The quantitative estimate of drug-likeness (QED) is 0.211. The number of benzene rings is 2. The monoisotopic (exact) mass is 627 g/mol. The second-order valence-corrected chi connectivity index (χ2v) is 13.5. The van der Waals surface area contributed by atoms with Gasteiger partial charge in [0, 0.05) is 18.2 Å². The molecule has 3 unspecified atom stereocenters. The summed E-state index contributed by atoms with van der Waals surface area (Å²) in [6.07, 6.45) is 0.685. The van der Waals surface area contributed by atoms with E-state index in [2.05, 4.69) is 23.3 Å². The Kier molecular flexibility index (Phi) is 11.3. The first-order valence-corrected chi connectivity index (χ1v) is 15.4. The molecule has 3 rings (SSSR count). The number of aryl methyl sites for hydroxylation is 1. The molecule has 2 aromatic carbocycles. The maximum absolute atomic E-state index is 14.3. The molecule has 3 N–H and O–H groups in total. The summed E-state index contributed by atoms with van der Waals surface area (Å²) in [5.74, 6) is -1.74. The smallest absolute Gasteiger partial charge is 0.408 e. The molecular formula is C33H45N3O7S. The number of carbonyl (C=O) groups is 4. The third-order valence-corrected chi connectivity index (χ3v) is 7.09. The van der Waals surface area contributed by atoms with E-state index in [0.29, 0.717) is 24.0 Å². The van der Waals surface area contributed by atoms with Crippen LogP contribution in [0.4, 0.5) is 4.79 Å². The fraction of sp³-hybridized carbons (Fsp3) is 0.515. The molecule has 0 aliphatic heterocycles.